The van der Waals surface area contributed by atoms with E-state index < -0.39 is 11.5 Å². The fraction of sp³-hybridized carbons (Fsp3) is 0.917. The lowest BCUT2D eigenvalue weighted by molar-refractivity contribution is -0.151. The van der Waals surface area contributed by atoms with E-state index in [1.165, 1.54) is 5.75 Å². The third-order valence-electron chi connectivity index (χ3n) is 4.26. The van der Waals surface area contributed by atoms with E-state index in [2.05, 4.69) is 11.8 Å². The molecule has 0 amide bonds. The van der Waals surface area contributed by atoms with Gasteiger partial charge in [-0.3, -0.25) is 9.69 Å². The van der Waals surface area contributed by atoms with Crippen molar-refractivity contribution in [3.8, 4) is 0 Å². The van der Waals surface area contributed by atoms with Gasteiger partial charge in [-0.2, -0.15) is 11.8 Å². The average Bonchev–Trinajstić information content (AvgIpc) is 2.83. The van der Waals surface area contributed by atoms with Crippen LogP contribution in [0.25, 0.3) is 0 Å². The fourth-order valence-corrected chi connectivity index (χ4v) is 4.53. The summed E-state index contributed by atoms with van der Waals surface area (Å²) in [5, 5.41) is 10.1. The molecule has 0 aliphatic carbocycles. The van der Waals surface area contributed by atoms with Crippen LogP contribution in [0.2, 0.25) is 0 Å². The van der Waals surface area contributed by atoms with Crippen LogP contribution in [0.1, 0.15) is 39.5 Å². The van der Waals surface area contributed by atoms with Gasteiger partial charge in [0, 0.05) is 11.3 Å². The van der Waals surface area contributed by atoms with Gasteiger partial charge in [0.25, 0.3) is 0 Å². The maximum Gasteiger partial charge on any atom is 0.324 e. The Kier molecular flexibility index (Phi) is 3.50. The summed E-state index contributed by atoms with van der Waals surface area (Å²) in [7, 11) is 0. The minimum Gasteiger partial charge on any atom is -0.480 e. The molecule has 1 N–H and O–H groups in total. The van der Waals surface area contributed by atoms with Gasteiger partial charge in [0.1, 0.15) is 5.54 Å². The lowest BCUT2D eigenvalue weighted by atomic mass is 9.91. The zero-order chi connectivity index (χ0) is 11.8. The normalized spacial score (nSPS) is 40.4. The fourth-order valence-electron chi connectivity index (χ4n) is 3.27. The number of thioether (sulfide) groups is 1. The number of carboxylic acid groups (broad SMARTS) is 1. The maximum absolute atomic E-state index is 11.6. The number of carbonyl (C=O) groups is 1. The Morgan fingerprint density at radius 2 is 2.38 bits per heavy atom. The van der Waals surface area contributed by atoms with Gasteiger partial charge in [-0.1, -0.05) is 13.8 Å². The molecule has 2 saturated heterocycles. The van der Waals surface area contributed by atoms with Crippen molar-refractivity contribution in [2.45, 2.75) is 56.4 Å². The van der Waals surface area contributed by atoms with Gasteiger partial charge in [-0.25, -0.2) is 0 Å². The molecule has 2 aliphatic heterocycles. The molecule has 3 unspecified atom stereocenters. The first-order chi connectivity index (χ1) is 7.62. The van der Waals surface area contributed by atoms with Crippen molar-refractivity contribution in [1.82, 2.24) is 4.90 Å². The largest absolute Gasteiger partial charge is 0.480 e. The topological polar surface area (TPSA) is 40.5 Å². The SMILES string of the molecule is CCC1(C(=O)O)CCCN1C1CCSC1C. The predicted molar refractivity (Wildman–Crippen MR) is 66.9 cm³/mol. The Bertz CT molecular complexity index is 284. The molecule has 4 heteroatoms. The molecule has 2 fully saturated rings. The van der Waals surface area contributed by atoms with Crippen molar-refractivity contribution < 1.29 is 9.90 Å². The highest BCUT2D eigenvalue weighted by Crippen LogP contribution is 2.40. The number of hydrogen-bond acceptors (Lipinski definition) is 3. The minimum atomic E-state index is -0.614. The molecule has 2 heterocycles. The van der Waals surface area contributed by atoms with Crippen molar-refractivity contribution in [2.24, 2.45) is 0 Å². The second-order valence-corrected chi connectivity index (χ2v) is 6.40. The van der Waals surface area contributed by atoms with Crippen molar-refractivity contribution in [1.29, 1.82) is 0 Å². The molecule has 0 aromatic rings. The highest BCUT2D eigenvalue weighted by Gasteiger charge is 2.50. The van der Waals surface area contributed by atoms with E-state index in [9.17, 15) is 9.90 Å². The Morgan fingerprint density at radius 1 is 1.62 bits per heavy atom. The number of carboxylic acids is 1. The zero-order valence-electron chi connectivity index (χ0n) is 10.1. The number of nitrogens with zero attached hydrogens (tertiary/aromatic N) is 1. The van der Waals surface area contributed by atoms with Crippen LogP contribution in [-0.2, 0) is 4.79 Å². The quantitative estimate of drug-likeness (QED) is 0.825. The van der Waals surface area contributed by atoms with Crippen molar-refractivity contribution in [3.05, 3.63) is 0 Å². The summed E-state index contributed by atoms with van der Waals surface area (Å²) in [6.45, 7) is 5.22. The lowest BCUT2D eigenvalue weighted by Crippen LogP contribution is -2.55. The number of hydrogen-bond donors (Lipinski definition) is 1. The maximum atomic E-state index is 11.6. The summed E-state index contributed by atoms with van der Waals surface area (Å²) in [6.07, 6.45) is 3.75. The molecule has 0 saturated carbocycles. The van der Waals surface area contributed by atoms with Crippen LogP contribution in [0.15, 0.2) is 0 Å². The third kappa shape index (κ3) is 1.76. The summed E-state index contributed by atoms with van der Waals surface area (Å²) in [5.41, 5.74) is -0.566. The predicted octanol–water partition coefficient (Wildman–Crippen LogP) is 2.21. The van der Waals surface area contributed by atoms with Gasteiger partial charge in [0.2, 0.25) is 0 Å². The lowest BCUT2D eigenvalue weighted by Gasteiger charge is -2.39. The summed E-state index contributed by atoms with van der Waals surface area (Å²) < 4.78 is 0. The summed E-state index contributed by atoms with van der Waals surface area (Å²) in [4.78, 5) is 13.9. The van der Waals surface area contributed by atoms with Crippen LogP contribution >= 0.6 is 11.8 Å². The van der Waals surface area contributed by atoms with Gasteiger partial charge >= 0.3 is 5.97 Å². The highest BCUT2D eigenvalue weighted by molar-refractivity contribution is 8.00. The molecule has 0 radical (unpaired) electrons. The molecule has 16 heavy (non-hydrogen) atoms. The summed E-state index contributed by atoms with van der Waals surface area (Å²) in [5.74, 6) is 0.568. The zero-order valence-corrected chi connectivity index (χ0v) is 10.9. The average molecular weight is 243 g/mol. The van der Waals surface area contributed by atoms with Crippen LogP contribution in [0, 0.1) is 0 Å². The molecule has 2 aliphatic rings. The third-order valence-corrected chi connectivity index (χ3v) is 5.57. The van der Waals surface area contributed by atoms with Gasteiger partial charge in [0.05, 0.1) is 0 Å². The Morgan fingerprint density at radius 3 is 2.88 bits per heavy atom. The minimum absolute atomic E-state index is 0.476. The Balaban J connectivity index is 2.22. The van der Waals surface area contributed by atoms with E-state index in [1.807, 2.05) is 18.7 Å². The van der Waals surface area contributed by atoms with Crippen LogP contribution in [-0.4, -0.2) is 45.1 Å². The Hall–Kier alpha value is -0.220. The second kappa shape index (κ2) is 4.57. The van der Waals surface area contributed by atoms with E-state index in [0.717, 1.165) is 32.2 Å². The number of aliphatic carboxylic acids is 1. The van der Waals surface area contributed by atoms with E-state index in [0.29, 0.717) is 11.3 Å². The molecule has 0 aromatic carbocycles. The van der Waals surface area contributed by atoms with Crippen LogP contribution in [0.3, 0.4) is 0 Å². The van der Waals surface area contributed by atoms with Gasteiger partial charge in [-0.15, -0.1) is 0 Å². The molecule has 92 valence electrons. The molecular formula is C12H21NO2S. The van der Waals surface area contributed by atoms with Crippen LogP contribution in [0.4, 0.5) is 0 Å². The smallest absolute Gasteiger partial charge is 0.324 e. The molecule has 0 aromatic heterocycles. The summed E-state index contributed by atoms with van der Waals surface area (Å²) >= 11 is 1.98. The van der Waals surface area contributed by atoms with Crippen molar-refractivity contribution >= 4 is 17.7 Å². The number of likely N-dealkylation sites (tertiary alicyclic amines) is 1. The summed E-state index contributed by atoms with van der Waals surface area (Å²) in [6, 6.07) is 0.476. The molecule has 0 spiro atoms. The molecule has 2 rings (SSSR count). The van der Waals surface area contributed by atoms with E-state index >= 15 is 0 Å². The highest BCUT2D eigenvalue weighted by atomic mass is 32.2. The monoisotopic (exact) mass is 243 g/mol. The van der Waals surface area contributed by atoms with E-state index in [-0.39, 0.29) is 0 Å². The molecule has 0 bridgehead atoms. The second-order valence-electron chi connectivity index (χ2n) is 4.92. The van der Waals surface area contributed by atoms with E-state index in [1.54, 1.807) is 0 Å². The van der Waals surface area contributed by atoms with Gasteiger partial charge in [0.15, 0.2) is 0 Å². The Labute approximate surface area is 102 Å². The number of rotatable bonds is 3. The van der Waals surface area contributed by atoms with Crippen molar-refractivity contribution in [2.75, 3.05) is 12.3 Å². The molecular weight excluding hydrogens is 222 g/mol. The molecule has 3 atom stereocenters. The molecule has 3 nitrogen and oxygen atoms in total. The van der Waals surface area contributed by atoms with E-state index in [4.69, 9.17) is 0 Å². The van der Waals surface area contributed by atoms with Crippen LogP contribution in [0.5, 0.6) is 0 Å². The first kappa shape index (κ1) is 12.2. The van der Waals surface area contributed by atoms with Gasteiger partial charge < -0.3 is 5.11 Å². The first-order valence-electron chi connectivity index (χ1n) is 6.23. The first-order valence-corrected chi connectivity index (χ1v) is 7.28. The van der Waals surface area contributed by atoms with Crippen molar-refractivity contribution in [3.63, 3.8) is 0 Å². The standard InChI is InChI=1S/C12H21NO2S/c1-3-12(11(14)15)6-4-7-13(12)10-5-8-16-9(10)2/h9-10H,3-8H2,1-2H3,(H,14,15). The van der Waals surface area contributed by atoms with Gasteiger partial charge in [-0.05, 0) is 38.0 Å². The van der Waals surface area contributed by atoms with Crippen LogP contribution < -0.4 is 0 Å².